The van der Waals surface area contributed by atoms with E-state index in [-0.39, 0.29) is 0 Å². The van der Waals surface area contributed by atoms with Crippen molar-refractivity contribution in [3.8, 4) is 0 Å². The minimum atomic E-state index is -1.03. The van der Waals surface area contributed by atoms with Gasteiger partial charge in [0, 0.05) is 11.4 Å². The highest BCUT2D eigenvalue weighted by molar-refractivity contribution is 5.68. The van der Waals surface area contributed by atoms with E-state index in [1.54, 1.807) is 6.92 Å². The van der Waals surface area contributed by atoms with Crippen LogP contribution >= 0.6 is 0 Å². The number of hydrogen-bond acceptors (Lipinski definition) is 3. The highest BCUT2D eigenvalue weighted by atomic mass is 16.3. The topological polar surface area (TPSA) is 72.3 Å². The summed E-state index contributed by atoms with van der Waals surface area (Å²) < 4.78 is 0. The third-order valence-electron chi connectivity index (χ3n) is 7.00. The van der Waals surface area contributed by atoms with Crippen LogP contribution in [0.3, 0.4) is 0 Å². The Morgan fingerprint density at radius 1 is 0.706 bits per heavy atom. The van der Waals surface area contributed by atoms with Crippen molar-refractivity contribution >= 4 is 11.4 Å². The molecule has 0 bridgehead atoms. The summed E-state index contributed by atoms with van der Waals surface area (Å²) in [7, 11) is 0. The summed E-state index contributed by atoms with van der Waals surface area (Å²) in [6, 6.07) is 19.3. The molecular weight excluding hydrogens is 416 g/mol. The van der Waals surface area contributed by atoms with E-state index in [1.165, 1.54) is 0 Å². The van der Waals surface area contributed by atoms with Crippen LogP contribution in [0.2, 0.25) is 0 Å². The van der Waals surface area contributed by atoms with Gasteiger partial charge in [0.1, 0.15) is 0 Å². The minimum absolute atomic E-state index is 0.644. The SMILES string of the molecule is Cc1cc(C(C2=CC=CC(C)(O)C=C2)(c2ccccc2)c2cc(C)c(N)c(C)c2)cc(C)c1N. The number of nitrogens with two attached hydrogens (primary N) is 2. The molecule has 0 heterocycles. The van der Waals surface area contributed by atoms with Crippen LogP contribution in [0.25, 0.3) is 0 Å². The Bertz CT molecular complexity index is 1220. The largest absolute Gasteiger partial charge is 0.398 e. The molecular formula is C31H34N2O. The van der Waals surface area contributed by atoms with Gasteiger partial charge in [-0.15, -0.1) is 0 Å². The van der Waals surface area contributed by atoms with Crippen LogP contribution < -0.4 is 11.5 Å². The van der Waals surface area contributed by atoms with E-state index in [0.29, 0.717) is 0 Å². The molecule has 0 radical (unpaired) electrons. The fraction of sp³-hybridized carbons (Fsp3) is 0.226. The van der Waals surface area contributed by atoms with Crippen molar-refractivity contribution in [1.82, 2.24) is 0 Å². The standard InChI is InChI=1S/C31H34N2O/c1-20-16-26(17-21(2)28(20)32)31(24-10-7-6-8-11-24,25-12-9-14-30(5,34)15-13-25)27-18-22(3)29(33)23(4)19-27/h6-19,34H,32-33H2,1-5H3. The van der Waals surface area contributed by atoms with Crippen molar-refractivity contribution in [1.29, 1.82) is 0 Å². The average Bonchev–Trinajstić information content (AvgIpc) is 2.97. The van der Waals surface area contributed by atoms with E-state index in [4.69, 9.17) is 11.5 Å². The summed E-state index contributed by atoms with van der Waals surface area (Å²) in [4.78, 5) is 0. The lowest BCUT2D eigenvalue weighted by Gasteiger charge is -2.39. The first-order valence-electron chi connectivity index (χ1n) is 11.7. The van der Waals surface area contributed by atoms with Gasteiger partial charge in [0.2, 0.25) is 0 Å². The normalized spacial score (nSPS) is 18.0. The van der Waals surface area contributed by atoms with Crippen LogP contribution in [0.1, 0.15) is 45.9 Å². The molecule has 3 aromatic rings. The Hall–Kier alpha value is -3.56. The van der Waals surface area contributed by atoms with Crippen molar-refractivity contribution < 1.29 is 5.11 Å². The monoisotopic (exact) mass is 450 g/mol. The maximum Gasteiger partial charge on any atom is 0.0986 e. The fourth-order valence-electron chi connectivity index (χ4n) is 5.04. The molecule has 1 aliphatic carbocycles. The van der Waals surface area contributed by atoms with Crippen LogP contribution in [0, 0.1) is 27.7 Å². The molecule has 3 nitrogen and oxygen atoms in total. The van der Waals surface area contributed by atoms with Gasteiger partial charge in [-0.3, -0.25) is 0 Å². The molecule has 3 heteroatoms. The fourth-order valence-corrected chi connectivity index (χ4v) is 5.04. The molecule has 3 aromatic carbocycles. The maximum absolute atomic E-state index is 10.8. The average molecular weight is 451 g/mol. The Labute approximate surface area is 203 Å². The zero-order valence-corrected chi connectivity index (χ0v) is 20.7. The second-order valence-electron chi connectivity index (χ2n) is 9.70. The Balaban J connectivity index is 2.20. The molecule has 0 saturated heterocycles. The van der Waals surface area contributed by atoms with Crippen LogP contribution in [-0.4, -0.2) is 10.7 Å². The zero-order chi connectivity index (χ0) is 24.7. The first-order chi connectivity index (χ1) is 16.1. The molecule has 4 rings (SSSR count). The molecule has 1 unspecified atom stereocenters. The number of aryl methyl sites for hydroxylation is 4. The number of nitrogen functional groups attached to an aromatic ring is 2. The van der Waals surface area contributed by atoms with Gasteiger partial charge in [-0.05, 0) is 91.3 Å². The molecule has 5 N–H and O–H groups in total. The van der Waals surface area contributed by atoms with Gasteiger partial charge in [0.05, 0.1) is 11.0 Å². The molecule has 0 amide bonds. The van der Waals surface area contributed by atoms with Crippen LogP contribution in [-0.2, 0) is 5.41 Å². The second kappa shape index (κ2) is 8.66. The maximum atomic E-state index is 10.8. The number of benzene rings is 3. The third kappa shape index (κ3) is 3.97. The highest BCUT2D eigenvalue weighted by Crippen LogP contribution is 2.48. The number of allylic oxidation sites excluding steroid dienone is 4. The molecule has 0 fully saturated rings. The highest BCUT2D eigenvalue weighted by Gasteiger charge is 2.40. The van der Waals surface area contributed by atoms with Gasteiger partial charge in [0.15, 0.2) is 0 Å². The van der Waals surface area contributed by atoms with Crippen molar-refractivity contribution in [2.24, 2.45) is 0 Å². The van der Waals surface area contributed by atoms with Gasteiger partial charge < -0.3 is 16.6 Å². The Morgan fingerprint density at radius 2 is 1.18 bits per heavy atom. The van der Waals surface area contributed by atoms with Gasteiger partial charge in [-0.2, -0.15) is 0 Å². The molecule has 1 atom stereocenters. The minimum Gasteiger partial charge on any atom is -0.398 e. The van der Waals surface area contributed by atoms with Crippen molar-refractivity contribution in [2.75, 3.05) is 11.5 Å². The zero-order valence-electron chi connectivity index (χ0n) is 20.7. The van der Waals surface area contributed by atoms with Crippen LogP contribution in [0.4, 0.5) is 11.4 Å². The molecule has 0 aliphatic heterocycles. The van der Waals surface area contributed by atoms with E-state index < -0.39 is 11.0 Å². The molecule has 0 spiro atoms. The van der Waals surface area contributed by atoms with Crippen molar-refractivity contribution in [3.63, 3.8) is 0 Å². The first kappa shape index (κ1) is 23.6. The van der Waals surface area contributed by atoms with Crippen molar-refractivity contribution in [2.45, 2.75) is 45.6 Å². The predicted octanol–water partition coefficient (Wildman–Crippen LogP) is 6.22. The van der Waals surface area contributed by atoms with E-state index >= 15 is 0 Å². The number of aliphatic hydroxyl groups is 1. The van der Waals surface area contributed by atoms with E-state index in [1.807, 2.05) is 24.3 Å². The van der Waals surface area contributed by atoms with E-state index in [9.17, 15) is 5.11 Å². The quantitative estimate of drug-likeness (QED) is 0.326. The molecule has 174 valence electrons. The lowest BCUT2D eigenvalue weighted by atomic mass is 9.63. The smallest absolute Gasteiger partial charge is 0.0986 e. The number of rotatable bonds is 4. The summed E-state index contributed by atoms with van der Waals surface area (Å²) in [6.07, 6.45) is 9.77. The third-order valence-corrected chi connectivity index (χ3v) is 7.00. The number of anilines is 2. The summed E-state index contributed by atoms with van der Waals surface area (Å²) in [6.45, 7) is 10.0. The first-order valence-corrected chi connectivity index (χ1v) is 11.7. The second-order valence-corrected chi connectivity index (χ2v) is 9.70. The lowest BCUT2D eigenvalue weighted by molar-refractivity contribution is 0.164. The Kier molecular flexibility index (Phi) is 6.01. The van der Waals surface area contributed by atoms with Crippen LogP contribution in [0.15, 0.2) is 90.6 Å². The summed E-state index contributed by atoms with van der Waals surface area (Å²) >= 11 is 0. The van der Waals surface area contributed by atoms with Gasteiger partial charge in [0.25, 0.3) is 0 Å². The van der Waals surface area contributed by atoms with Crippen LogP contribution in [0.5, 0.6) is 0 Å². The van der Waals surface area contributed by atoms with Gasteiger partial charge >= 0.3 is 0 Å². The summed E-state index contributed by atoms with van der Waals surface area (Å²) in [5, 5.41) is 10.8. The molecule has 0 aromatic heterocycles. The summed E-state index contributed by atoms with van der Waals surface area (Å²) in [5.74, 6) is 0. The lowest BCUT2D eigenvalue weighted by Crippen LogP contribution is -2.32. The molecule has 0 saturated carbocycles. The molecule has 34 heavy (non-hydrogen) atoms. The van der Waals surface area contributed by atoms with E-state index in [0.717, 1.165) is 55.9 Å². The van der Waals surface area contributed by atoms with Gasteiger partial charge in [-0.1, -0.05) is 72.8 Å². The van der Waals surface area contributed by atoms with Gasteiger partial charge in [-0.25, -0.2) is 0 Å². The number of hydrogen-bond donors (Lipinski definition) is 3. The van der Waals surface area contributed by atoms with E-state index in [2.05, 4.69) is 88.4 Å². The summed E-state index contributed by atoms with van der Waals surface area (Å²) in [5.41, 5.74) is 21.3. The predicted molar refractivity (Wildman–Crippen MR) is 144 cm³/mol. The van der Waals surface area contributed by atoms with Crippen molar-refractivity contribution in [3.05, 3.63) is 129 Å². The Morgan fingerprint density at radius 3 is 1.65 bits per heavy atom. The molecule has 1 aliphatic rings.